The normalized spacial score (nSPS) is 25.9. The molecule has 1 saturated carbocycles. The molecule has 0 spiro atoms. The van der Waals surface area contributed by atoms with Crippen molar-refractivity contribution in [1.29, 1.82) is 0 Å². The number of hydrogen-bond donors (Lipinski definition) is 0. The molecule has 0 unspecified atom stereocenters. The molecule has 0 aromatic carbocycles. The number of nitrogens with zero attached hydrogens (tertiary/aromatic N) is 3. The largest absolute Gasteiger partial charge is 0.378 e. The van der Waals surface area contributed by atoms with Gasteiger partial charge in [0.15, 0.2) is 0 Å². The highest BCUT2D eigenvalue weighted by atomic mass is 16.5. The Bertz CT molecular complexity index is 515. The highest BCUT2D eigenvalue weighted by Crippen LogP contribution is 2.30. The summed E-state index contributed by atoms with van der Waals surface area (Å²) in [5.74, 6) is 1.52. The molecule has 0 radical (unpaired) electrons. The van der Waals surface area contributed by atoms with Gasteiger partial charge in [-0.25, -0.2) is 0 Å². The first-order valence-corrected chi connectivity index (χ1v) is 11.1. The lowest BCUT2D eigenvalue weighted by Gasteiger charge is -2.36. The van der Waals surface area contributed by atoms with E-state index < -0.39 is 0 Å². The van der Waals surface area contributed by atoms with E-state index in [4.69, 9.17) is 4.74 Å². The van der Waals surface area contributed by atoms with Crippen molar-refractivity contribution in [3.8, 4) is 0 Å². The Morgan fingerprint density at radius 3 is 2.07 bits per heavy atom. The van der Waals surface area contributed by atoms with Crippen LogP contribution in [-0.2, 0) is 14.3 Å². The first kappa shape index (κ1) is 19.2. The zero-order chi connectivity index (χ0) is 18.6. The summed E-state index contributed by atoms with van der Waals surface area (Å²) < 4.78 is 5.99. The van der Waals surface area contributed by atoms with Gasteiger partial charge in [-0.1, -0.05) is 0 Å². The molecule has 4 rings (SSSR count). The molecular weight excluding hydrogens is 342 g/mol. The summed E-state index contributed by atoms with van der Waals surface area (Å²) in [5, 5.41) is 0. The first-order valence-electron chi connectivity index (χ1n) is 11.1. The zero-order valence-corrected chi connectivity index (χ0v) is 16.6. The fraction of sp³-hybridized carbons (Fsp3) is 0.905. The Hall–Kier alpha value is -1.14. The quantitative estimate of drug-likeness (QED) is 0.708. The molecule has 0 aromatic heterocycles. The zero-order valence-electron chi connectivity index (χ0n) is 16.6. The van der Waals surface area contributed by atoms with Crippen LogP contribution in [0, 0.1) is 11.8 Å². The third-order valence-electron chi connectivity index (χ3n) is 6.77. The number of carbonyl (C=O) groups is 2. The lowest BCUT2D eigenvalue weighted by molar-refractivity contribution is -0.140. The Morgan fingerprint density at radius 2 is 1.44 bits per heavy atom. The van der Waals surface area contributed by atoms with Gasteiger partial charge in [0.2, 0.25) is 11.8 Å². The Balaban J connectivity index is 1.14. The summed E-state index contributed by atoms with van der Waals surface area (Å²) in [4.78, 5) is 31.5. The second-order valence-corrected chi connectivity index (χ2v) is 8.94. The van der Waals surface area contributed by atoms with Crippen molar-refractivity contribution in [3.63, 3.8) is 0 Å². The highest BCUT2D eigenvalue weighted by molar-refractivity contribution is 5.81. The number of amides is 2. The highest BCUT2D eigenvalue weighted by Gasteiger charge is 2.32. The molecule has 0 aromatic rings. The minimum atomic E-state index is 0.131. The van der Waals surface area contributed by atoms with E-state index in [9.17, 15) is 9.59 Å². The average Bonchev–Trinajstić information content (AvgIpc) is 3.38. The maximum Gasteiger partial charge on any atom is 0.236 e. The number of piperidine rings is 2. The van der Waals surface area contributed by atoms with Crippen molar-refractivity contribution >= 4 is 11.8 Å². The summed E-state index contributed by atoms with van der Waals surface area (Å²) in [6.45, 7) is 6.73. The average molecular weight is 378 g/mol. The van der Waals surface area contributed by atoms with Crippen LogP contribution in [0.15, 0.2) is 0 Å². The van der Waals surface area contributed by atoms with Gasteiger partial charge in [-0.15, -0.1) is 0 Å². The summed E-state index contributed by atoms with van der Waals surface area (Å²) in [6.07, 6.45) is 9.12. The van der Waals surface area contributed by atoms with Crippen molar-refractivity contribution < 1.29 is 14.3 Å². The van der Waals surface area contributed by atoms with E-state index in [1.54, 1.807) is 0 Å². The number of likely N-dealkylation sites (tertiary alicyclic amines) is 3. The Kier molecular flexibility index (Phi) is 6.33. The van der Waals surface area contributed by atoms with E-state index in [1.807, 2.05) is 9.80 Å². The summed E-state index contributed by atoms with van der Waals surface area (Å²) >= 11 is 0. The van der Waals surface area contributed by atoms with Crippen molar-refractivity contribution in [1.82, 2.24) is 14.7 Å². The molecule has 6 nitrogen and oxygen atoms in total. The minimum Gasteiger partial charge on any atom is -0.378 e. The maximum absolute atomic E-state index is 12.7. The molecule has 4 aliphatic rings. The topological polar surface area (TPSA) is 53.1 Å². The van der Waals surface area contributed by atoms with E-state index in [0.717, 1.165) is 90.3 Å². The van der Waals surface area contributed by atoms with Crippen LogP contribution in [0.25, 0.3) is 0 Å². The second kappa shape index (κ2) is 8.91. The third-order valence-corrected chi connectivity index (χ3v) is 6.77. The standard InChI is InChI=1S/C21H35N3O3/c25-20(15-22-11-7-19(8-12-22)27-16-17-3-4-17)23-13-5-18(6-14-23)21(26)24-9-1-2-10-24/h17-19H,1-16H2. The molecule has 2 amide bonds. The molecule has 0 atom stereocenters. The van der Waals surface area contributed by atoms with Gasteiger partial charge < -0.3 is 14.5 Å². The fourth-order valence-electron chi connectivity index (χ4n) is 4.65. The molecule has 4 fully saturated rings. The van der Waals surface area contributed by atoms with Crippen molar-refractivity contribution in [2.75, 3.05) is 52.4 Å². The van der Waals surface area contributed by atoms with Crippen LogP contribution in [0.2, 0.25) is 0 Å². The van der Waals surface area contributed by atoms with Gasteiger partial charge in [0, 0.05) is 51.8 Å². The van der Waals surface area contributed by atoms with E-state index in [1.165, 1.54) is 12.8 Å². The van der Waals surface area contributed by atoms with Gasteiger partial charge in [-0.05, 0) is 57.3 Å². The molecule has 27 heavy (non-hydrogen) atoms. The predicted molar refractivity (Wildman–Crippen MR) is 103 cm³/mol. The maximum atomic E-state index is 12.7. The minimum absolute atomic E-state index is 0.131. The lowest BCUT2D eigenvalue weighted by atomic mass is 9.95. The van der Waals surface area contributed by atoms with E-state index in [-0.39, 0.29) is 11.8 Å². The van der Waals surface area contributed by atoms with E-state index in [2.05, 4.69) is 4.90 Å². The van der Waals surface area contributed by atoms with Gasteiger partial charge in [0.05, 0.1) is 12.6 Å². The van der Waals surface area contributed by atoms with Crippen molar-refractivity contribution in [2.45, 2.75) is 57.5 Å². The van der Waals surface area contributed by atoms with Gasteiger partial charge in [0.25, 0.3) is 0 Å². The van der Waals surface area contributed by atoms with Crippen LogP contribution in [-0.4, -0.2) is 85.0 Å². The van der Waals surface area contributed by atoms with Crippen LogP contribution < -0.4 is 0 Å². The predicted octanol–water partition coefficient (Wildman–Crippen LogP) is 1.74. The smallest absolute Gasteiger partial charge is 0.236 e. The number of ether oxygens (including phenoxy) is 1. The number of carbonyl (C=O) groups excluding carboxylic acids is 2. The van der Waals surface area contributed by atoms with Gasteiger partial charge in [-0.3, -0.25) is 14.5 Å². The van der Waals surface area contributed by atoms with Gasteiger partial charge in [-0.2, -0.15) is 0 Å². The molecule has 152 valence electrons. The van der Waals surface area contributed by atoms with Gasteiger partial charge in [0.1, 0.15) is 0 Å². The first-order chi connectivity index (χ1) is 13.2. The van der Waals surface area contributed by atoms with Crippen molar-refractivity contribution in [3.05, 3.63) is 0 Å². The summed E-state index contributed by atoms with van der Waals surface area (Å²) in [6, 6.07) is 0. The molecule has 1 aliphatic carbocycles. The molecule has 6 heteroatoms. The Labute approximate surface area is 163 Å². The van der Waals surface area contributed by atoms with E-state index in [0.29, 0.717) is 18.6 Å². The monoisotopic (exact) mass is 377 g/mol. The van der Waals surface area contributed by atoms with Crippen LogP contribution in [0.4, 0.5) is 0 Å². The molecule has 3 heterocycles. The SMILES string of the molecule is O=C(CN1CCC(OCC2CC2)CC1)N1CCC(C(=O)N2CCCC2)CC1. The summed E-state index contributed by atoms with van der Waals surface area (Å²) in [7, 11) is 0. The van der Waals surface area contributed by atoms with Crippen LogP contribution >= 0.6 is 0 Å². The number of rotatable bonds is 6. The number of hydrogen-bond acceptors (Lipinski definition) is 4. The van der Waals surface area contributed by atoms with Crippen molar-refractivity contribution in [2.24, 2.45) is 11.8 Å². The van der Waals surface area contributed by atoms with E-state index >= 15 is 0 Å². The van der Waals surface area contributed by atoms with Crippen LogP contribution in [0.1, 0.15) is 51.4 Å². The lowest BCUT2D eigenvalue weighted by Crippen LogP contribution is -2.48. The molecule has 0 bridgehead atoms. The molecular formula is C21H35N3O3. The fourth-order valence-corrected chi connectivity index (χ4v) is 4.65. The van der Waals surface area contributed by atoms with Gasteiger partial charge >= 0.3 is 0 Å². The molecule has 3 saturated heterocycles. The molecule has 0 N–H and O–H groups in total. The second-order valence-electron chi connectivity index (χ2n) is 8.94. The van der Waals surface area contributed by atoms with Crippen LogP contribution in [0.5, 0.6) is 0 Å². The third kappa shape index (κ3) is 5.23. The Morgan fingerprint density at radius 1 is 0.778 bits per heavy atom. The van der Waals surface area contributed by atoms with Crippen LogP contribution in [0.3, 0.4) is 0 Å². The summed E-state index contributed by atoms with van der Waals surface area (Å²) in [5.41, 5.74) is 0. The molecule has 3 aliphatic heterocycles.